The van der Waals surface area contributed by atoms with Gasteiger partial charge < -0.3 is 4.74 Å². The van der Waals surface area contributed by atoms with E-state index >= 15 is 0 Å². The van der Waals surface area contributed by atoms with Crippen molar-refractivity contribution in [1.29, 1.82) is 0 Å². The number of aromatic nitrogens is 1. The summed E-state index contributed by atoms with van der Waals surface area (Å²) < 4.78 is 6.59. The van der Waals surface area contributed by atoms with Gasteiger partial charge in [-0.1, -0.05) is 78.3 Å². The molecule has 0 atom stereocenters. The van der Waals surface area contributed by atoms with Crippen LogP contribution in [0.15, 0.2) is 109 Å². The van der Waals surface area contributed by atoms with Gasteiger partial charge in [-0.05, 0) is 77.7 Å². The zero-order chi connectivity index (χ0) is 24.3. The zero-order valence-corrected chi connectivity index (χ0v) is 21.2. The highest BCUT2D eigenvalue weighted by Gasteiger charge is 2.26. The van der Waals surface area contributed by atoms with Gasteiger partial charge in [-0.2, -0.15) is 0 Å². The highest BCUT2D eigenvalue weighted by atomic mass is 35.5. The molecular weight excluding hydrogens is 482 g/mol. The molecule has 0 aliphatic heterocycles. The number of nitrogens with zero attached hydrogens (tertiary/aromatic N) is 1. The van der Waals surface area contributed by atoms with E-state index in [1.807, 2.05) is 30.3 Å². The Balaban J connectivity index is 1.60. The second kappa shape index (κ2) is 10.1. The van der Waals surface area contributed by atoms with Gasteiger partial charge in [0.2, 0.25) is 0 Å². The molecule has 36 heavy (non-hydrogen) atoms. The van der Waals surface area contributed by atoms with Crippen molar-refractivity contribution in [3.63, 3.8) is 0 Å². The summed E-state index contributed by atoms with van der Waals surface area (Å²) in [4.78, 5) is 6.38. The molecule has 2 aromatic heterocycles. The molecule has 2 nitrogen and oxygen atoms in total. The summed E-state index contributed by atoms with van der Waals surface area (Å²) in [6, 6.07) is 35.1. The molecule has 0 fully saturated rings. The number of fused-ring (bicyclic) bond motifs is 1. The van der Waals surface area contributed by atoms with Crippen LogP contribution in [-0.2, 0) is 6.42 Å². The number of halogens is 1. The first-order chi connectivity index (χ1) is 17.8. The second-order valence-electron chi connectivity index (χ2n) is 8.81. The van der Waals surface area contributed by atoms with E-state index < -0.39 is 0 Å². The molecule has 5 aromatic rings. The first-order valence-electron chi connectivity index (χ1n) is 12.1. The van der Waals surface area contributed by atoms with E-state index in [1.54, 1.807) is 11.3 Å². The number of hydrogen-bond donors (Lipinski definition) is 0. The Morgan fingerprint density at radius 2 is 1.50 bits per heavy atom. The average molecular weight is 506 g/mol. The third-order valence-corrected chi connectivity index (χ3v) is 7.59. The van der Waals surface area contributed by atoms with Gasteiger partial charge in [0.25, 0.3) is 0 Å². The minimum absolute atomic E-state index is 0.692. The fourth-order valence-corrected chi connectivity index (χ4v) is 5.64. The highest BCUT2D eigenvalue weighted by Crippen LogP contribution is 2.42. The second-order valence-corrected chi connectivity index (χ2v) is 10.2. The lowest BCUT2D eigenvalue weighted by molar-refractivity contribution is 0.515. The van der Waals surface area contributed by atoms with E-state index in [9.17, 15) is 0 Å². The molecule has 0 spiro atoms. The van der Waals surface area contributed by atoms with Crippen molar-refractivity contribution in [3.05, 3.63) is 130 Å². The van der Waals surface area contributed by atoms with Crippen LogP contribution in [0.1, 0.15) is 29.0 Å². The molecule has 3 aromatic carbocycles. The van der Waals surface area contributed by atoms with E-state index in [0.717, 1.165) is 58.2 Å². The van der Waals surface area contributed by atoms with Crippen LogP contribution in [0.25, 0.3) is 33.7 Å². The lowest BCUT2D eigenvalue weighted by atomic mass is 9.84. The molecule has 0 bridgehead atoms. The average Bonchev–Trinajstić information content (AvgIpc) is 3.48. The summed E-state index contributed by atoms with van der Waals surface area (Å²) in [6.07, 6.45) is 2.95. The normalized spacial score (nSPS) is 14.2. The van der Waals surface area contributed by atoms with Crippen molar-refractivity contribution < 1.29 is 4.74 Å². The largest absolute Gasteiger partial charge is 0.456 e. The Bertz CT molecular complexity index is 1510. The van der Waals surface area contributed by atoms with Crippen LogP contribution < -0.4 is 4.74 Å². The maximum atomic E-state index is 6.59. The predicted octanol–water partition coefficient (Wildman–Crippen LogP) is 9.41. The minimum Gasteiger partial charge on any atom is -0.456 e. The van der Waals surface area contributed by atoms with Gasteiger partial charge in [-0.3, -0.25) is 0 Å². The SMILES string of the molecule is Clc1ccc(O/C(=C2/CCCc3c(-c4ccccc4)cc(-c4ccccc4)nc32)c2cccs2)cc1. The van der Waals surface area contributed by atoms with Gasteiger partial charge in [0.05, 0.1) is 16.3 Å². The number of thiophene rings is 1. The number of hydrogen-bond acceptors (Lipinski definition) is 3. The van der Waals surface area contributed by atoms with Gasteiger partial charge in [0.1, 0.15) is 11.5 Å². The van der Waals surface area contributed by atoms with Gasteiger partial charge in [-0.15, -0.1) is 11.3 Å². The summed E-state index contributed by atoms with van der Waals surface area (Å²) in [5, 5.41) is 2.78. The summed E-state index contributed by atoms with van der Waals surface area (Å²) in [5.74, 6) is 1.65. The summed E-state index contributed by atoms with van der Waals surface area (Å²) in [6.45, 7) is 0. The Hall–Kier alpha value is -3.66. The van der Waals surface area contributed by atoms with Gasteiger partial charge >= 0.3 is 0 Å². The third kappa shape index (κ3) is 4.60. The van der Waals surface area contributed by atoms with Crippen LogP contribution >= 0.6 is 22.9 Å². The van der Waals surface area contributed by atoms with Crippen LogP contribution in [0, 0.1) is 0 Å². The van der Waals surface area contributed by atoms with E-state index in [2.05, 4.69) is 78.2 Å². The number of allylic oxidation sites excluding steroid dienone is 1. The van der Waals surface area contributed by atoms with E-state index in [-0.39, 0.29) is 0 Å². The lowest BCUT2D eigenvalue weighted by Crippen LogP contribution is -2.11. The maximum Gasteiger partial charge on any atom is 0.149 e. The van der Waals surface area contributed by atoms with E-state index in [1.165, 1.54) is 16.7 Å². The Kier molecular flexibility index (Phi) is 6.42. The smallest absolute Gasteiger partial charge is 0.149 e. The molecule has 0 saturated heterocycles. The monoisotopic (exact) mass is 505 g/mol. The van der Waals surface area contributed by atoms with Crippen molar-refractivity contribution >= 4 is 34.3 Å². The number of rotatable bonds is 5. The Labute approximate surface area is 220 Å². The molecule has 1 aliphatic carbocycles. The molecule has 0 amide bonds. The van der Waals surface area contributed by atoms with Crippen molar-refractivity contribution in [1.82, 2.24) is 4.98 Å². The van der Waals surface area contributed by atoms with Gasteiger partial charge in [0, 0.05) is 16.2 Å². The fourth-order valence-electron chi connectivity index (χ4n) is 4.78. The topological polar surface area (TPSA) is 22.1 Å². The molecule has 0 N–H and O–H groups in total. The van der Waals surface area contributed by atoms with Crippen molar-refractivity contribution in [3.8, 4) is 28.1 Å². The van der Waals surface area contributed by atoms with Crippen LogP contribution in [-0.4, -0.2) is 4.98 Å². The number of pyridine rings is 1. The van der Waals surface area contributed by atoms with Crippen LogP contribution in [0.3, 0.4) is 0 Å². The quantitative estimate of drug-likeness (QED) is 0.222. The molecule has 1 aliphatic rings. The van der Waals surface area contributed by atoms with E-state index in [0.29, 0.717) is 5.02 Å². The third-order valence-electron chi connectivity index (χ3n) is 6.47. The van der Waals surface area contributed by atoms with Crippen LogP contribution in [0.2, 0.25) is 5.02 Å². The van der Waals surface area contributed by atoms with E-state index in [4.69, 9.17) is 21.3 Å². The van der Waals surface area contributed by atoms with Gasteiger partial charge in [0.15, 0.2) is 0 Å². The zero-order valence-electron chi connectivity index (χ0n) is 19.7. The first-order valence-corrected chi connectivity index (χ1v) is 13.4. The molecule has 0 saturated carbocycles. The lowest BCUT2D eigenvalue weighted by Gasteiger charge is -2.25. The Morgan fingerprint density at radius 1 is 0.778 bits per heavy atom. The molecule has 0 unspecified atom stereocenters. The van der Waals surface area contributed by atoms with Gasteiger partial charge in [-0.25, -0.2) is 4.98 Å². The summed E-state index contributed by atoms with van der Waals surface area (Å²) >= 11 is 7.83. The molecule has 2 heterocycles. The maximum absolute atomic E-state index is 6.59. The fraction of sp³-hybridized carbons (Fsp3) is 0.0938. The predicted molar refractivity (Wildman–Crippen MR) is 151 cm³/mol. The molecule has 0 radical (unpaired) electrons. The van der Waals surface area contributed by atoms with Crippen LogP contribution in [0.5, 0.6) is 5.75 Å². The van der Waals surface area contributed by atoms with Crippen LogP contribution in [0.4, 0.5) is 0 Å². The highest BCUT2D eigenvalue weighted by molar-refractivity contribution is 7.11. The summed E-state index contributed by atoms with van der Waals surface area (Å²) in [7, 11) is 0. The summed E-state index contributed by atoms with van der Waals surface area (Å²) in [5.41, 5.74) is 8.03. The standard InChI is InChI=1S/C32H24ClNOS/c33-24-16-18-25(19-17-24)35-32(30-15-8-20-36-30)27-14-7-13-26-28(22-9-3-1-4-10-22)21-29(34-31(26)27)23-11-5-2-6-12-23/h1-6,8-12,15-21H,7,13-14H2/b32-27-. The molecule has 176 valence electrons. The first kappa shape index (κ1) is 22.8. The van der Waals surface area contributed by atoms with Crippen molar-refractivity contribution in [2.24, 2.45) is 0 Å². The molecular formula is C32H24ClNOS. The minimum atomic E-state index is 0.692. The Morgan fingerprint density at radius 3 is 2.19 bits per heavy atom. The number of benzene rings is 3. The molecule has 4 heteroatoms. The van der Waals surface area contributed by atoms with Crippen molar-refractivity contribution in [2.45, 2.75) is 19.3 Å². The molecule has 6 rings (SSSR count). The van der Waals surface area contributed by atoms with Crippen molar-refractivity contribution in [2.75, 3.05) is 0 Å². The number of ether oxygens (including phenoxy) is 1.